The van der Waals surface area contributed by atoms with Gasteiger partial charge in [-0.1, -0.05) is 18.7 Å². The van der Waals surface area contributed by atoms with E-state index in [0.29, 0.717) is 5.92 Å². The molecule has 0 aromatic rings. The van der Waals surface area contributed by atoms with Crippen LogP contribution in [0.3, 0.4) is 0 Å². The highest BCUT2D eigenvalue weighted by Crippen LogP contribution is 2.32. The van der Waals surface area contributed by atoms with Gasteiger partial charge >= 0.3 is 0 Å². The molecule has 0 aromatic heterocycles. The summed E-state index contributed by atoms with van der Waals surface area (Å²) in [7, 11) is 0. The minimum atomic E-state index is -0.180. The molecule has 1 fully saturated rings. The normalized spacial score (nSPS) is 30.3. The maximum Gasteiger partial charge on any atom is 0.114 e. The molecule has 12 heavy (non-hydrogen) atoms. The molecule has 2 atom stereocenters. The Kier molecular flexibility index (Phi) is 3.06. The van der Waals surface area contributed by atoms with Gasteiger partial charge < -0.3 is 0 Å². The van der Waals surface area contributed by atoms with Crippen LogP contribution in [0.4, 0.5) is 0 Å². The Morgan fingerprint density at radius 1 is 1.67 bits per heavy atom. The average molecular weight is 168 g/mol. The lowest BCUT2D eigenvalue weighted by Crippen LogP contribution is -2.24. The molecule has 0 amide bonds. The van der Waals surface area contributed by atoms with Crippen LogP contribution in [0.15, 0.2) is 24.3 Å². The van der Waals surface area contributed by atoms with Crippen LogP contribution in [0.2, 0.25) is 0 Å². The Morgan fingerprint density at radius 2 is 2.33 bits per heavy atom. The summed E-state index contributed by atoms with van der Waals surface area (Å²) in [6, 6.07) is 0. The SMILES string of the molecule is C=C(C)[C@H]1CCC(=C)[C@@H](OO)C1. The summed E-state index contributed by atoms with van der Waals surface area (Å²) < 4.78 is 0. The van der Waals surface area contributed by atoms with Crippen LogP contribution in [-0.2, 0) is 4.89 Å². The molecule has 1 aliphatic carbocycles. The minimum Gasteiger partial charge on any atom is -0.251 e. The molecule has 0 spiro atoms. The molecule has 0 aromatic carbocycles. The van der Waals surface area contributed by atoms with E-state index in [-0.39, 0.29) is 6.10 Å². The van der Waals surface area contributed by atoms with Crippen LogP contribution in [0, 0.1) is 5.92 Å². The largest absolute Gasteiger partial charge is 0.251 e. The van der Waals surface area contributed by atoms with Gasteiger partial charge in [0.1, 0.15) is 6.10 Å². The fourth-order valence-electron chi connectivity index (χ4n) is 1.63. The smallest absolute Gasteiger partial charge is 0.114 e. The molecule has 0 saturated heterocycles. The first-order chi connectivity index (χ1) is 5.65. The van der Waals surface area contributed by atoms with Gasteiger partial charge in [-0.05, 0) is 37.7 Å². The van der Waals surface area contributed by atoms with E-state index in [4.69, 9.17) is 5.26 Å². The van der Waals surface area contributed by atoms with E-state index in [1.54, 1.807) is 0 Å². The summed E-state index contributed by atoms with van der Waals surface area (Å²) in [6.07, 6.45) is 2.67. The molecule has 0 aliphatic heterocycles. The van der Waals surface area contributed by atoms with Gasteiger partial charge in [-0.25, -0.2) is 4.89 Å². The second kappa shape index (κ2) is 3.87. The summed E-state index contributed by atoms with van der Waals surface area (Å²) in [6.45, 7) is 9.77. The maximum absolute atomic E-state index is 8.57. The van der Waals surface area contributed by atoms with Crippen LogP contribution >= 0.6 is 0 Å². The summed E-state index contributed by atoms with van der Waals surface area (Å²) in [5.41, 5.74) is 2.17. The highest BCUT2D eigenvalue weighted by atomic mass is 17.1. The number of hydrogen-bond donors (Lipinski definition) is 1. The highest BCUT2D eigenvalue weighted by molar-refractivity contribution is 5.11. The summed E-state index contributed by atoms with van der Waals surface area (Å²) in [5.74, 6) is 0.479. The lowest BCUT2D eigenvalue weighted by atomic mass is 9.81. The lowest BCUT2D eigenvalue weighted by Gasteiger charge is -2.29. The van der Waals surface area contributed by atoms with E-state index < -0.39 is 0 Å². The van der Waals surface area contributed by atoms with Crippen LogP contribution in [-0.4, -0.2) is 11.4 Å². The van der Waals surface area contributed by atoms with E-state index in [2.05, 4.69) is 18.0 Å². The third-order valence-corrected chi connectivity index (χ3v) is 2.59. The molecule has 0 radical (unpaired) electrons. The van der Waals surface area contributed by atoms with Crippen molar-refractivity contribution in [2.45, 2.75) is 32.3 Å². The molecular weight excluding hydrogens is 152 g/mol. The Labute approximate surface area is 73.5 Å². The van der Waals surface area contributed by atoms with Crippen molar-refractivity contribution in [2.24, 2.45) is 5.92 Å². The van der Waals surface area contributed by atoms with Gasteiger partial charge in [0.25, 0.3) is 0 Å². The van der Waals surface area contributed by atoms with Crippen LogP contribution in [0.25, 0.3) is 0 Å². The van der Waals surface area contributed by atoms with Crippen molar-refractivity contribution in [3.8, 4) is 0 Å². The number of hydrogen-bond acceptors (Lipinski definition) is 2. The Bertz CT molecular complexity index is 196. The predicted octanol–water partition coefficient (Wildman–Crippen LogP) is 2.78. The monoisotopic (exact) mass is 168 g/mol. The molecule has 1 saturated carbocycles. The van der Waals surface area contributed by atoms with E-state index in [0.717, 1.165) is 24.8 Å². The Balaban J connectivity index is 2.55. The molecule has 68 valence electrons. The quantitative estimate of drug-likeness (QED) is 0.390. The maximum atomic E-state index is 8.57. The highest BCUT2D eigenvalue weighted by Gasteiger charge is 2.25. The van der Waals surface area contributed by atoms with E-state index in [9.17, 15) is 0 Å². The van der Waals surface area contributed by atoms with Gasteiger partial charge in [-0.2, -0.15) is 0 Å². The first-order valence-corrected chi connectivity index (χ1v) is 4.28. The predicted molar refractivity (Wildman–Crippen MR) is 48.8 cm³/mol. The summed E-state index contributed by atoms with van der Waals surface area (Å²) >= 11 is 0. The minimum absolute atomic E-state index is 0.180. The van der Waals surface area contributed by atoms with Gasteiger partial charge in [0.2, 0.25) is 0 Å². The second-order valence-electron chi connectivity index (χ2n) is 3.57. The third-order valence-electron chi connectivity index (χ3n) is 2.59. The topological polar surface area (TPSA) is 29.5 Å². The van der Waals surface area contributed by atoms with Crippen molar-refractivity contribution in [3.63, 3.8) is 0 Å². The van der Waals surface area contributed by atoms with E-state index in [1.807, 2.05) is 6.92 Å². The van der Waals surface area contributed by atoms with Gasteiger partial charge in [0.15, 0.2) is 0 Å². The lowest BCUT2D eigenvalue weighted by molar-refractivity contribution is -0.273. The van der Waals surface area contributed by atoms with Gasteiger partial charge in [0, 0.05) is 0 Å². The van der Waals surface area contributed by atoms with Crippen LogP contribution in [0.5, 0.6) is 0 Å². The fraction of sp³-hybridized carbons (Fsp3) is 0.600. The van der Waals surface area contributed by atoms with Crippen molar-refractivity contribution in [1.29, 1.82) is 0 Å². The number of rotatable bonds is 2. The number of allylic oxidation sites excluding steroid dienone is 1. The Morgan fingerprint density at radius 3 is 2.83 bits per heavy atom. The average Bonchev–Trinajstić information content (AvgIpc) is 2.05. The van der Waals surface area contributed by atoms with Crippen molar-refractivity contribution in [1.82, 2.24) is 0 Å². The van der Waals surface area contributed by atoms with E-state index >= 15 is 0 Å². The van der Waals surface area contributed by atoms with Crippen LogP contribution in [0.1, 0.15) is 26.2 Å². The zero-order valence-corrected chi connectivity index (χ0v) is 7.55. The standard InChI is InChI=1S/C10H16O2/c1-7(2)9-5-4-8(3)10(6-9)12-11/h9-11H,1,3-6H2,2H3/t9-,10-/m0/s1. The summed E-state index contributed by atoms with van der Waals surface area (Å²) in [4.78, 5) is 4.34. The molecule has 1 aliphatic rings. The van der Waals surface area contributed by atoms with Gasteiger partial charge in [-0.3, -0.25) is 5.26 Å². The van der Waals surface area contributed by atoms with Crippen LogP contribution < -0.4 is 0 Å². The zero-order valence-electron chi connectivity index (χ0n) is 7.55. The van der Waals surface area contributed by atoms with Crippen molar-refractivity contribution in [2.75, 3.05) is 0 Å². The first-order valence-electron chi connectivity index (χ1n) is 4.28. The molecule has 0 bridgehead atoms. The van der Waals surface area contributed by atoms with Gasteiger partial charge in [-0.15, -0.1) is 0 Å². The summed E-state index contributed by atoms with van der Waals surface area (Å²) in [5, 5.41) is 8.57. The molecule has 1 N–H and O–H groups in total. The second-order valence-corrected chi connectivity index (χ2v) is 3.57. The van der Waals surface area contributed by atoms with E-state index in [1.165, 1.54) is 5.57 Å². The Hall–Kier alpha value is -0.600. The van der Waals surface area contributed by atoms with Gasteiger partial charge in [0.05, 0.1) is 0 Å². The first kappa shape index (κ1) is 9.49. The molecule has 1 rings (SSSR count). The fourth-order valence-corrected chi connectivity index (χ4v) is 1.63. The molecule has 0 heterocycles. The molecule has 2 heteroatoms. The van der Waals surface area contributed by atoms with Crippen molar-refractivity contribution < 1.29 is 10.1 Å². The zero-order chi connectivity index (χ0) is 9.14. The van der Waals surface area contributed by atoms with Crippen molar-refractivity contribution in [3.05, 3.63) is 24.3 Å². The molecule has 2 nitrogen and oxygen atoms in total. The molecular formula is C10H16O2. The molecule has 0 unspecified atom stereocenters. The van der Waals surface area contributed by atoms with Crippen molar-refractivity contribution >= 4 is 0 Å². The third kappa shape index (κ3) is 1.96.